The molecule has 1 aromatic rings. The van der Waals surface area contributed by atoms with E-state index < -0.39 is 0 Å². The van der Waals surface area contributed by atoms with E-state index in [4.69, 9.17) is 0 Å². The number of rotatable bonds is 1. The first-order valence-electron chi connectivity index (χ1n) is 5.44. The zero-order valence-electron chi connectivity index (χ0n) is 8.22. The molecule has 0 spiro atoms. The van der Waals surface area contributed by atoms with Crippen molar-refractivity contribution >= 4 is 0 Å². The van der Waals surface area contributed by atoms with E-state index in [0.717, 1.165) is 11.8 Å². The highest BCUT2D eigenvalue weighted by Crippen LogP contribution is 2.50. The number of fused-ring (bicyclic) bond motifs is 1. The van der Waals surface area contributed by atoms with Crippen LogP contribution in [0.25, 0.3) is 0 Å². The van der Waals surface area contributed by atoms with Crippen LogP contribution in [-0.2, 0) is 6.42 Å². The second-order valence-corrected chi connectivity index (χ2v) is 4.63. The SMILES string of the molecule is Cc1cccc2c1C(C1CC1)CC2. The van der Waals surface area contributed by atoms with Crippen molar-refractivity contribution in [2.75, 3.05) is 0 Å². The van der Waals surface area contributed by atoms with Gasteiger partial charge in [0.05, 0.1) is 0 Å². The molecule has 0 N–H and O–H groups in total. The van der Waals surface area contributed by atoms with Crippen molar-refractivity contribution in [2.24, 2.45) is 5.92 Å². The molecule has 0 heterocycles. The highest BCUT2D eigenvalue weighted by Gasteiger charge is 2.36. The van der Waals surface area contributed by atoms with Gasteiger partial charge in [-0.05, 0) is 61.1 Å². The van der Waals surface area contributed by atoms with Crippen LogP contribution in [0.2, 0.25) is 0 Å². The number of aryl methyl sites for hydroxylation is 2. The molecule has 0 nitrogen and oxygen atoms in total. The molecule has 0 radical (unpaired) electrons. The molecule has 0 heteroatoms. The summed E-state index contributed by atoms with van der Waals surface area (Å²) in [5, 5.41) is 0. The van der Waals surface area contributed by atoms with Gasteiger partial charge in [0.25, 0.3) is 0 Å². The Balaban J connectivity index is 2.07. The molecule has 0 aliphatic heterocycles. The average molecular weight is 172 g/mol. The van der Waals surface area contributed by atoms with Gasteiger partial charge in [-0.25, -0.2) is 0 Å². The quantitative estimate of drug-likeness (QED) is 0.608. The Bertz CT molecular complexity index is 334. The monoisotopic (exact) mass is 172 g/mol. The minimum absolute atomic E-state index is 0.927. The van der Waals surface area contributed by atoms with E-state index in [1.165, 1.54) is 31.2 Å². The first-order valence-corrected chi connectivity index (χ1v) is 5.44. The second kappa shape index (κ2) is 2.60. The van der Waals surface area contributed by atoms with E-state index in [1.807, 2.05) is 0 Å². The van der Waals surface area contributed by atoms with Crippen LogP contribution in [-0.4, -0.2) is 0 Å². The summed E-state index contributed by atoms with van der Waals surface area (Å²) in [5.41, 5.74) is 4.88. The van der Waals surface area contributed by atoms with Gasteiger partial charge in [-0.2, -0.15) is 0 Å². The summed E-state index contributed by atoms with van der Waals surface area (Å²) in [4.78, 5) is 0. The highest BCUT2D eigenvalue weighted by atomic mass is 14.4. The first-order chi connectivity index (χ1) is 6.36. The van der Waals surface area contributed by atoms with Gasteiger partial charge in [-0.3, -0.25) is 0 Å². The van der Waals surface area contributed by atoms with Gasteiger partial charge in [0.2, 0.25) is 0 Å². The van der Waals surface area contributed by atoms with Crippen LogP contribution in [0.4, 0.5) is 0 Å². The Labute approximate surface area is 80.0 Å². The zero-order valence-corrected chi connectivity index (χ0v) is 8.22. The van der Waals surface area contributed by atoms with Crippen LogP contribution in [0.1, 0.15) is 41.9 Å². The lowest BCUT2D eigenvalue weighted by atomic mass is 9.93. The lowest BCUT2D eigenvalue weighted by Gasteiger charge is -2.12. The topological polar surface area (TPSA) is 0 Å². The fraction of sp³-hybridized carbons (Fsp3) is 0.538. The molecule has 2 aliphatic rings. The van der Waals surface area contributed by atoms with Crippen molar-refractivity contribution in [1.82, 2.24) is 0 Å². The third-order valence-electron chi connectivity index (χ3n) is 3.70. The van der Waals surface area contributed by atoms with Crippen LogP contribution < -0.4 is 0 Å². The molecule has 1 unspecified atom stereocenters. The second-order valence-electron chi connectivity index (χ2n) is 4.63. The highest BCUT2D eigenvalue weighted by molar-refractivity contribution is 5.41. The molecule has 1 aromatic carbocycles. The Morgan fingerprint density at radius 3 is 2.77 bits per heavy atom. The minimum Gasteiger partial charge on any atom is -0.0617 e. The van der Waals surface area contributed by atoms with Crippen LogP contribution in [0.15, 0.2) is 18.2 Å². The molecule has 13 heavy (non-hydrogen) atoms. The van der Waals surface area contributed by atoms with Gasteiger partial charge in [0.1, 0.15) is 0 Å². The normalized spacial score (nSPS) is 26.1. The molecule has 3 rings (SSSR count). The summed E-state index contributed by atoms with van der Waals surface area (Å²) >= 11 is 0. The van der Waals surface area contributed by atoms with E-state index in [-0.39, 0.29) is 0 Å². The van der Waals surface area contributed by atoms with Gasteiger partial charge >= 0.3 is 0 Å². The number of hydrogen-bond donors (Lipinski definition) is 0. The van der Waals surface area contributed by atoms with E-state index >= 15 is 0 Å². The van der Waals surface area contributed by atoms with Crippen molar-refractivity contribution in [2.45, 2.75) is 38.5 Å². The Morgan fingerprint density at radius 1 is 1.15 bits per heavy atom. The third kappa shape index (κ3) is 1.12. The first kappa shape index (κ1) is 7.61. The standard InChI is InChI=1S/C13H16/c1-9-3-2-4-11-7-8-12(13(9)11)10-5-6-10/h2-4,10,12H,5-8H2,1H3. The molecule has 1 fully saturated rings. The maximum absolute atomic E-state index is 2.32. The average Bonchev–Trinajstić information content (AvgIpc) is 2.87. The van der Waals surface area contributed by atoms with Crippen LogP contribution in [0.3, 0.4) is 0 Å². The fourth-order valence-corrected chi connectivity index (χ4v) is 2.92. The molecule has 68 valence electrons. The third-order valence-corrected chi connectivity index (χ3v) is 3.70. The van der Waals surface area contributed by atoms with Crippen molar-refractivity contribution in [3.05, 3.63) is 34.9 Å². The Hall–Kier alpha value is -0.780. The van der Waals surface area contributed by atoms with Gasteiger partial charge in [0.15, 0.2) is 0 Å². The molecule has 1 saturated carbocycles. The molecule has 0 aromatic heterocycles. The van der Waals surface area contributed by atoms with E-state index in [1.54, 1.807) is 11.1 Å². The maximum Gasteiger partial charge on any atom is -0.0125 e. The summed E-state index contributed by atoms with van der Waals surface area (Å²) in [7, 11) is 0. The Morgan fingerprint density at radius 2 is 2.00 bits per heavy atom. The van der Waals surface area contributed by atoms with Gasteiger partial charge in [-0.1, -0.05) is 18.2 Å². The summed E-state index contributed by atoms with van der Waals surface area (Å²) in [6.45, 7) is 2.28. The van der Waals surface area contributed by atoms with E-state index in [9.17, 15) is 0 Å². The van der Waals surface area contributed by atoms with Crippen LogP contribution in [0.5, 0.6) is 0 Å². The molecular weight excluding hydrogens is 156 g/mol. The zero-order chi connectivity index (χ0) is 8.84. The predicted octanol–water partition coefficient (Wildman–Crippen LogP) is 3.43. The van der Waals surface area contributed by atoms with Crippen LogP contribution >= 0.6 is 0 Å². The largest absolute Gasteiger partial charge is 0.0617 e. The maximum atomic E-state index is 2.32. The molecule has 0 bridgehead atoms. The number of benzene rings is 1. The predicted molar refractivity (Wildman–Crippen MR) is 55.0 cm³/mol. The summed E-state index contributed by atoms with van der Waals surface area (Å²) in [6.07, 6.45) is 5.72. The van der Waals surface area contributed by atoms with Crippen molar-refractivity contribution in [3.8, 4) is 0 Å². The fourth-order valence-electron chi connectivity index (χ4n) is 2.92. The van der Waals surface area contributed by atoms with Crippen molar-refractivity contribution in [1.29, 1.82) is 0 Å². The van der Waals surface area contributed by atoms with E-state index in [0.29, 0.717) is 0 Å². The van der Waals surface area contributed by atoms with Crippen molar-refractivity contribution in [3.63, 3.8) is 0 Å². The van der Waals surface area contributed by atoms with Gasteiger partial charge in [-0.15, -0.1) is 0 Å². The smallest absolute Gasteiger partial charge is 0.0125 e. The molecule has 1 atom stereocenters. The molecule has 0 saturated heterocycles. The summed E-state index contributed by atoms with van der Waals surface area (Å²) < 4.78 is 0. The summed E-state index contributed by atoms with van der Waals surface area (Å²) in [5.74, 6) is 1.97. The van der Waals surface area contributed by atoms with Gasteiger partial charge < -0.3 is 0 Å². The molecule has 2 aliphatic carbocycles. The van der Waals surface area contributed by atoms with Gasteiger partial charge in [0, 0.05) is 0 Å². The lowest BCUT2D eigenvalue weighted by Crippen LogP contribution is -1.97. The minimum atomic E-state index is 0.927. The lowest BCUT2D eigenvalue weighted by molar-refractivity contribution is 0.598. The number of hydrogen-bond acceptors (Lipinski definition) is 0. The van der Waals surface area contributed by atoms with E-state index in [2.05, 4.69) is 25.1 Å². The van der Waals surface area contributed by atoms with Crippen molar-refractivity contribution < 1.29 is 0 Å². The molecule has 0 amide bonds. The van der Waals surface area contributed by atoms with Crippen LogP contribution in [0, 0.1) is 12.8 Å². The summed E-state index contributed by atoms with van der Waals surface area (Å²) in [6, 6.07) is 6.81. The Kier molecular flexibility index (Phi) is 1.52. The molecular formula is C13H16.